The average Bonchev–Trinajstić information content (AvgIpc) is 2.24. The molecule has 0 saturated heterocycles. The molecule has 0 aromatic heterocycles. The molecule has 0 saturated carbocycles. The number of aryl methyl sites for hydroxylation is 2. The summed E-state index contributed by atoms with van der Waals surface area (Å²) >= 11 is 5.97. The van der Waals surface area contributed by atoms with Crippen LogP contribution in [0.2, 0.25) is 5.02 Å². The Hall–Kier alpha value is -0.580. The van der Waals surface area contributed by atoms with Gasteiger partial charge in [0.05, 0.1) is 4.90 Å². The van der Waals surface area contributed by atoms with Gasteiger partial charge in [0.2, 0.25) is 10.0 Å². The summed E-state index contributed by atoms with van der Waals surface area (Å²) in [4.78, 5) is 0.350. The molecule has 0 aliphatic rings. The molecular formula is C12H18ClNO2S. The van der Waals surface area contributed by atoms with E-state index in [1.54, 1.807) is 19.1 Å². The van der Waals surface area contributed by atoms with Gasteiger partial charge in [-0.3, -0.25) is 0 Å². The van der Waals surface area contributed by atoms with Gasteiger partial charge in [0.15, 0.2) is 0 Å². The van der Waals surface area contributed by atoms with Gasteiger partial charge < -0.3 is 0 Å². The lowest BCUT2D eigenvalue weighted by Crippen LogP contribution is -2.31. The van der Waals surface area contributed by atoms with Crippen LogP contribution in [0.5, 0.6) is 0 Å². The minimum atomic E-state index is -3.40. The molecule has 0 aliphatic heterocycles. The summed E-state index contributed by atoms with van der Waals surface area (Å²) in [5.74, 6) is 0. The number of sulfonamides is 1. The van der Waals surface area contributed by atoms with E-state index in [-0.39, 0.29) is 0 Å². The number of rotatable bonds is 4. The molecule has 0 amide bonds. The lowest BCUT2D eigenvalue weighted by atomic mass is 10.2. The average molecular weight is 276 g/mol. The molecule has 0 unspecified atom stereocenters. The van der Waals surface area contributed by atoms with Crippen LogP contribution >= 0.6 is 11.6 Å². The standard InChI is InChI=1S/C12H18ClNO2S/c1-5-14(6-2)17(15,16)12-8-9(3)11(13)7-10(12)4/h7-8H,5-6H2,1-4H3. The Morgan fingerprint density at radius 3 is 2.12 bits per heavy atom. The van der Waals surface area contributed by atoms with Crippen molar-refractivity contribution in [2.75, 3.05) is 13.1 Å². The molecule has 0 atom stereocenters. The molecule has 0 fully saturated rings. The first kappa shape index (κ1) is 14.5. The molecule has 3 nitrogen and oxygen atoms in total. The van der Waals surface area contributed by atoms with E-state index in [1.165, 1.54) is 4.31 Å². The highest BCUT2D eigenvalue weighted by Crippen LogP contribution is 2.26. The third-order valence-electron chi connectivity index (χ3n) is 2.78. The zero-order valence-corrected chi connectivity index (χ0v) is 12.2. The van der Waals surface area contributed by atoms with E-state index in [9.17, 15) is 8.42 Å². The van der Waals surface area contributed by atoms with Crippen molar-refractivity contribution >= 4 is 21.6 Å². The van der Waals surface area contributed by atoms with Crippen molar-refractivity contribution in [3.63, 3.8) is 0 Å². The predicted octanol–water partition coefficient (Wildman–Crippen LogP) is 2.99. The van der Waals surface area contributed by atoms with Crippen LogP contribution in [-0.2, 0) is 10.0 Å². The lowest BCUT2D eigenvalue weighted by molar-refractivity contribution is 0.445. The number of benzene rings is 1. The lowest BCUT2D eigenvalue weighted by Gasteiger charge is -2.20. The normalized spacial score (nSPS) is 12.1. The van der Waals surface area contributed by atoms with E-state index < -0.39 is 10.0 Å². The van der Waals surface area contributed by atoms with Crippen LogP contribution in [-0.4, -0.2) is 25.8 Å². The first-order valence-electron chi connectivity index (χ1n) is 5.61. The molecule has 0 radical (unpaired) electrons. The molecule has 0 aliphatic carbocycles. The highest BCUT2D eigenvalue weighted by atomic mass is 35.5. The maximum atomic E-state index is 12.4. The number of hydrogen-bond donors (Lipinski definition) is 0. The van der Waals surface area contributed by atoms with Crippen molar-refractivity contribution in [3.8, 4) is 0 Å². The van der Waals surface area contributed by atoms with Crippen LogP contribution in [0.3, 0.4) is 0 Å². The monoisotopic (exact) mass is 275 g/mol. The zero-order chi connectivity index (χ0) is 13.2. The topological polar surface area (TPSA) is 37.4 Å². The summed E-state index contributed by atoms with van der Waals surface area (Å²) in [6.45, 7) is 8.18. The molecule has 0 bridgehead atoms. The van der Waals surface area contributed by atoms with Crippen molar-refractivity contribution < 1.29 is 8.42 Å². The summed E-state index contributed by atoms with van der Waals surface area (Å²) in [7, 11) is -3.40. The zero-order valence-electron chi connectivity index (χ0n) is 10.6. The van der Waals surface area contributed by atoms with Crippen molar-refractivity contribution in [1.29, 1.82) is 0 Å². The third kappa shape index (κ3) is 2.81. The molecule has 0 N–H and O–H groups in total. The Balaban J connectivity index is 3.38. The van der Waals surface area contributed by atoms with Gasteiger partial charge in [0, 0.05) is 18.1 Å². The number of hydrogen-bond acceptors (Lipinski definition) is 2. The highest BCUT2D eigenvalue weighted by Gasteiger charge is 2.24. The van der Waals surface area contributed by atoms with E-state index in [0.717, 1.165) is 5.56 Å². The summed E-state index contributed by atoms with van der Waals surface area (Å²) < 4.78 is 26.2. The molecule has 17 heavy (non-hydrogen) atoms. The fraction of sp³-hybridized carbons (Fsp3) is 0.500. The van der Waals surface area contributed by atoms with Crippen LogP contribution in [0.1, 0.15) is 25.0 Å². The second-order valence-electron chi connectivity index (χ2n) is 3.96. The van der Waals surface area contributed by atoms with Gasteiger partial charge in [0.1, 0.15) is 0 Å². The van der Waals surface area contributed by atoms with Crippen LogP contribution < -0.4 is 0 Å². The predicted molar refractivity (Wildman–Crippen MR) is 71.0 cm³/mol. The minimum absolute atomic E-state index is 0.350. The summed E-state index contributed by atoms with van der Waals surface area (Å²) in [5.41, 5.74) is 1.47. The van der Waals surface area contributed by atoms with Crippen molar-refractivity contribution in [1.82, 2.24) is 4.31 Å². The maximum Gasteiger partial charge on any atom is 0.243 e. The van der Waals surface area contributed by atoms with Crippen molar-refractivity contribution in [2.45, 2.75) is 32.6 Å². The molecule has 1 aromatic rings. The molecule has 0 spiro atoms. The highest BCUT2D eigenvalue weighted by molar-refractivity contribution is 7.89. The second kappa shape index (κ2) is 5.38. The maximum absolute atomic E-state index is 12.4. The molecule has 1 aromatic carbocycles. The minimum Gasteiger partial charge on any atom is -0.207 e. The van der Waals surface area contributed by atoms with Gasteiger partial charge in [0.25, 0.3) is 0 Å². The molecule has 96 valence electrons. The van der Waals surface area contributed by atoms with Gasteiger partial charge in [-0.15, -0.1) is 0 Å². The van der Waals surface area contributed by atoms with E-state index >= 15 is 0 Å². The Kier molecular flexibility index (Phi) is 4.58. The Morgan fingerprint density at radius 2 is 1.65 bits per heavy atom. The fourth-order valence-corrected chi connectivity index (χ4v) is 3.70. The van der Waals surface area contributed by atoms with Gasteiger partial charge >= 0.3 is 0 Å². The Morgan fingerprint density at radius 1 is 1.12 bits per heavy atom. The Bertz CT molecular complexity index is 507. The van der Waals surface area contributed by atoms with Crippen molar-refractivity contribution in [3.05, 3.63) is 28.3 Å². The number of nitrogens with zero attached hydrogens (tertiary/aromatic N) is 1. The summed E-state index contributed by atoms with van der Waals surface area (Å²) in [6, 6.07) is 3.35. The molecule has 1 rings (SSSR count). The number of halogens is 1. The first-order valence-corrected chi connectivity index (χ1v) is 7.43. The largest absolute Gasteiger partial charge is 0.243 e. The quantitative estimate of drug-likeness (QED) is 0.847. The molecular weight excluding hydrogens is 258 g/mol. The van der Waals surface area contributed by atoms with Crippen LogP contribution in [0.15, 0.2) is 17.0 Å². The summed E-state index contributed by atoms with van der Waals surface area (Å²) in [5, 5.41) is 0.598. The van der Waals surface area contributed by atoms with Crippen LogP contribution in [0.4, 0.5) is 0 Å². The van der Waals surface area contributed by atoms with E-state index in [2.05, 4.69) is 0 Å². The first-order chi connectivity index (χ1) is 7.84. The van der Waals surface area contributed by atoms with Crippen LogP contribution in [0, 0.1) is 13.8 Å². The van der Waals surface area contributed by atoms with Gasteiger partial charge in [-0.25, -0.2) is 8.42 Å². The van der Waals surface area contributed by atoms with Gasteiger partial charge in [-0.05, 0) is 37.1 Å². The third-order valence-corrected chi connectivity index (χ3v) is 5.38. The van der Waals surface area contributed by atoms with Crippen LogP contribution in [0.25, 0.3) is 0 Å². The smallest absolute Gasteiger partial charge is 0.207 e. The Labute approximate surface area is 108 Å². The fourth-order valence-electron chi connectivity index (χ4n) is 1.73. The second-order valence-corrected chi connectivity index (χ2v) is 6.27. The summed E-state index contributed by atoms with van der Waals surface area (Å²) in [6.07, 6.45) is 0. The van der Waals surface area contributed by atoms with E-state index in [1.807, 2.05) is 20.8 Å². The van der Waals surface area contributed by atoms with Gasteiger partial charge in [-0.1, -0.05) is 25.4 Å². The van der Waals surface area contributed by atoms with Crippen molar-refractivity contribution in [2.24, 2.45) is 0 Å². The van der Waals surface area contributed by atoms with E-state index in [0.29, 0.717) is 28.6 Å². The van der Waals surface area contributed by atoms with Gasteiger partial charge in [-0.2, -0.15) is 4.31 Å². The van der Waals surface area contributed by atoms with E-state index in [4.69, 9.17) is 11.6 Å². The molecule has 5 heteroatoms. The SMILES string of the molecule is CCN(CC)S(=O)(=O)c1cc(C)c(Cl)cc1C. The molecule has 0 heterocycles.